The molecule has 0 aliphatic carbocycles. The van der Waals surface area contributed by atoms with Gasteiger partial charge in [0, 0.05) is 11.6 Å². The van der Waals surface area contributed by atoms with Gasteiger partial charge in [0.2, 0.25) is 0 Å². The molecule has 104 valence electrons. The van der Waals surface area contributed by atoms with E-state index in [0.29, 0.717) is 17.3 Å². The van der Waals surface area contributed by atoms with E-state index < -0.39 is 0 Å². The van der Waals surface area contributed by atoms with Gasteiger partial charge in [-0.3, -0.25) is 4.79 Å². The van der Waals surface area contributed by atoms with Crippen LogP contribution in [0.3, 0.4) is 0 Å². The Morgan fingerprint density at radius 3 is 2.80 bits per heavy atom. The Morgan fingerprint density at radius 2 is 2.10 bits per heavy atom. The average molecular weight is 292 g/mol. The summed E-state index contributed by atoms with van der Waals surface area (Å²) >= 11 is 5.87. The van der Waals surface area contributed by atoms with Crippen molar-refractivity contribution in [2.75, 3.05) is 7.11 Å². The number of halogens is 1. The van der Waals surface area contributed by atoms with Gasteiger partial charge in [-0.15, -0.1) is 0 Å². The average Bonchev–Trinajstić information content (AvgIpc) is 2.45. The van der Waals surface area contributed by atoms with Gasteiger partial charge >= 0.3 is 0 Å². The molecule has 0 radical (unpaired) electrons. The zero-order valence-corrected chi connectivity index (χ0v) is 11.6. The van der Waals surface area contributed by atoms with Gasteiger partial charge in [-0.2, -0.15) is 0 Å². The Hall–Kier alpha value is -2.20. The standard InChI is InChI=1S/C15H14ClNO3/c1-20-12-5-6-14(18)13(8-12)15(19)17-9-10-3-2-4-11(16)7-10/h2-8,18H,9H2,1H3,(H,17,19). The quantitative estimate of drug-likeness (QED) is 0.910. The molecule has 0 spiro atoms. The predicted octanol–water partition coefficient (Wildman–Crippen LogP) is 2.98. The second-order valence-electron chi connectivity index (χ2n) is 4.20. The number of benzene rings is 2. The lowest BCUT2D eigenvalue weighted by molar-refractivity contribution is 0.0948. The van der Waals surface area contributed by atoms with Crippen LogP contribution in [0.1, 0.15) is 15.9 Å². The third kappa shape index (κ3) is 3.42. The summed E-state index contributed by atoms with van der Waals surface area (Å²) in [5, 5.41) is 13.0. The van der Waals surface area contributed by atoms with Gasteiger partial charge in [0.25, 0.3) is 5.91 Å². The molecule has 0 heterocycles. The SMILES string of the molecule is COc1ccc(O)c(C(=O)NCc2cccc(Cl)c2)c1. The second kappa shape index (κ2) is 6.30. The topological polar surface area (TPSA) is 58.6 Å². The van der Waals surface area contributed by atoms with Crippen molar-refractivity contribution in [2.24, 2.45) is 0 Å². The molecule has 4 nitrogen and oxygen atoms in total. The van der Waals surface area contributed by atoms with Crippen LogP contribution in [-0.2, 0) is 6.54 Å². The van der Waals surface area contributed by atoms with Crippen molar-refractivity contribution in [1.82, 2.24) is 5.32 Å². The molecular weight excluding hydrogens is 278 g/mol. The summed E-state index contributed by atoms with van der Waals surface area (Å²) < 4.78 is 5.03. The van der Waals surface area contributed by atoms with Crippen molar-refractivity contribution in [3.8, 4) is 11.5 Å². The number of ether oxygens (including phenoxy) is 1. The predicted molar refractivity (Wildman–Crippen MR) is 77.3 cm³/mol. The highest BCUT2D eigenvalue weighted by molar-refractivity contribution is 6.30. The smallest absolute Gasteiger partial charge is 0.255 e. The molecule has 20 heavy (non-hydrogen) atoms. The van der Waals surface area contributed by atoms with E-state index in [2.05, 4.69) is 5.32 Å². The van der Waals surface area contributed by atoms with Crippen molar-refractivity contribution in [3.05, 3.63) is 58.6 Å². The molecule has 5 heteroatoms. The van der Waals surface area contributed by atoms with E-state index in [-0.39, 0.29) is 17.2 Å². The fourth-order valence-corrected chi connectivity index (χ4v) is 1.96. The zero-order valence-electron chi connectivity index (χ0n) is 10.9. The molecule has 2 aromatic rings. The van der Waals surface area contributed by atoms with Crippen LogP contribution in [0.25, 0.3) is 0 Å². The van der Waals surface area contributed by atoms with Gasteiger partial charge in [0.05, 0.1) is 12.7 Å². The Balaban J connectivity index is 2.08. The van der Waals surface area contributed by atoms with Crippen molar-refractivity contribution >= 4 is 17.5 Å². The normalized spacial score (nSPS) is 10.1. The molecule has 2 aromatic carbocycles. The lowest BCUT2D eigenvalue weighted by Crippen LogP contribution is -2.22. The number of aromatic hydroxyl groups is 1. The summed E-state index contributed by atoms with van der Waals surface area (Å²) in [5.41, 5.74) is 1.06. The van der Waals surface area contributed by atoms with E-state index in [9.17, 15) is 9.90 Å². The highest BCUT2D eigenvalue weighted by Gasteiger charge is 2.12. The molecule has 0 saturated heterocycles. The molecule has 0 aliphatic heterocycles. The van der Waals surface area contributed by atoms with Crippen LogP contribution >= 0.6 is 11.6 Å². The number of carbonyl (C=O) groups excluding carboxylic acids is 1. The largest absolute Gasteiger partial charge is 0.507 e. The van der Waals surface area contributed by atoms with E-state index in [1.54, 1.807) is 18.2 Å². The lowest BCUT2D eigenvalue weighted by atomic mass is 10.1. The Bertz CT molecular complexity index is 628. The van der Waals surface area contributed by atoms with E-state index in [0.717, 1.165) is 5.56 Å². The van der Waals surface area contributed by atoms with Gasteiger partial charge in [-0.1, -0.05) is 23.7 Å². The maximum atomic E-state index is 12.0. The molecule has 1 amide bonds. The van der Waals surface area contributed by atoms with Crippen LogP contribution in [0.15, 0.2) is 42.5 Å². The van der Waals surface area contributed by atoms with E-state index in [4.69, 9.17) is 16.3 Å². The van der Waals surface area contributed by atoms with Crippen LogP contribution < -0.4 is 10.1 Å². The minimum absolute atomic E-state index is 0.0885. The number of hydrogen-bond acceptors (Lipinski definition) is 3. The molecule has 0 saturated carbocycles. The summed E-state index contributed by atoms with van der Waals surface area (Å²) in [4.78, 5) is 12.0. The van der Waals surface area contributed by atoms with Crippen molar-refractivity contribution < 1.29 is 14.6 Å². The van der Waals surface area contributed by atoms with Crippen molar-refractivity contribution in [3.63, 3.8) is 0 Å². The van der Waals surface area contributed by atoms with Crippen LogP contribution in [0, 0.1) is 0 Å². The number of methoxy groups -OCH3 is 1. The molecule has 0 bridgehead atoms. The number of carbonyl (C=O) groups is 1. The Labute approximate surface area is 122 Å². The first-order valence-corrected chi connectivity index (χ1v) is 6.37. The van der Waals surface area contributed by atoms with Crippen molar-refractivity contribution in [2.45, 2.75) is 6.54 Å². The number of phenolic OH excluding ortho intramolecular Hbond substituents is 1. The van der Waals surface area contributed by atoms with Gasteiger partial charge in [0.1, 0.15) is 11.5 Å². The molecule has 0 aliphatic rings. The first-order valence-electron chi connectivity index (χ1n) is 6.00. The van der Waals surface area contributed by atoms with Crippen LogP contribution in [0.2, 0.25) is 5.02 Å². The van der Waals surface area contributed by atoms with E-state index in [1.807, 2.05) is 12.1 Å². The van der Waals surface area contributed by atoms with Gasteiger partial charge in [0.15, 0.2) is 0 Å². The summed E-state index contributed by atoms with van der Waals surface area (Å²) in [7, 11) is 1.50. The third-order valence-electron chi connectivity index (χ3n) is 2.79. The fourth-order valence-electron chi connectivity index (χ4n) is 1.75. The third-order valence-corrected chi connectivity index (χ3v) is 3.03. The molecular formula is C15H14ClNO3. The summed E-state index contributed by atoms with van der Waals surface area (Å²) in [5.74, 6) is 0.0477. The maximum absolute atomic E-state index is 12.0. The zero-order chi connectivity index (χ0) is 14.5. The number of nitrogens with one attached hydrogen (secondary N) is 1. The van der Waals surface area contributed by atoms with Crippen LogP contribution in [0.4, 0.5) is 0 Å². The second-order valence-corrected chi connectivity index (χ2v) is 4.63. The minimum Gasteiger partial charge on any atom is -0.507 e. The highest BCUT2D eigenvalue weighted by Crippen LogP contribution is 2.22. The highest BCUT2D eigenvalue weighted by atomic mass is 35.5. The fraction of sp³-hybridized carbons (Fsp3) is 0.133. The number of hydrogen-bond donors (Lipinski definition) is 2. The molecule has 2 rings (SSSR count). The van der Waals surface area contributed by atoms with E-state index in [1.165, 1.54) is 19.2 Å². The van der Waals surface area contributed by atoms with Crippen LogP contribution in [0.5, 0.6) is 11.5 Å². The van der Waals surface area contributed by atoms with Gasteiger partial charge in [-0.05, 0) is 35.9 Å². The number of rotatable bonds is 4. The summed E-state index contributed by atoms with van der Waals surface area (Å²) in [6.45, 7) is 0.329. The van der Waals surface area contributed by atoms with E-state index >= 15 is 0 Å². The minimum atomic E-state index is -0.374. The monoisotopic (exact) mass is 291 g/mol. The number of amides is 1. The Morgan fingerprint density at radius 1 is 1.30 bits per heavy atom. The molecule has 0 atom stereocenters. The molecule has 0 fully saturated rings. The summed E-state index contributed by atoms with van der Waals surface area (Å²) in [6, 6.07) is 11.7. The maximum Gasteiger partial charge on any atom is 0.255 e. The first-order chi connectivity index (χ1) is 9.60. The van der Waals surface area contributed by atoms with Gasteiger partial charge in [-0.25, -0.2) is 0 Å². The molecule has 2 N–H and O–H groups in total. The summed E-state index contributed by atoms with van der Waals surface area (Å²) in [6.07, 6.45) is 0. The first kappa shape index (κ1) is 14.2. The van der Waals surface area contributed by atoms with Crippen molar-refractivity contribution in [1.29, 1.82) is 0 Å². The van der Waals surface area contributed by atoms with Gasteiger partial charge < -0.3 is 15.2 Å². The lowest BCUT2D eigenvalue weighted by Gasteiger charge is -2.08. The number of phenols is 1. The Kier molecular flexibility index (Phi) is 4.48. The molecule has 0 aromatic heterocycles. The van der Waals surface area contributed by atoms with Crippen LogP contribution in [-0.4, -0.2) is 18.1 Å². The molecule has 0 unspecified atom stereocenters.